The largest absolute Gasteiger partial charge is 0.476 e. The molecule has 3 aliphatic heterocycles. The van der Waals surface area contributed by atoms with E-state index < -0.39 is 17.5 Å². The molecule has 138 valence electrons. The molecule has 0 radical (unpaired) electrons. The summed E-state index contributed by atoms with van der Waals surface area (Å²) < 4.78 is 6.15. The molecule has 0 fully saturated rings. The number of ether oxygens (including phenoxy) is 1. The van der Waals surface area contributed by atoms with Gasteiger partial charge in [-0.2, -0.15) is 10.2 Å². The lowest BCUT2D eigenvalue weighted by Crippen LogP contribution is -2.28. The number of aromatic nitrogens is 3. The van der Waals surface area contributed by atoms with Crippen molar-refractivity contribution in [3.63, 3.8) is 0 Å². The average Bonchev–Trinajstić information content (AvgIpc) is 2.78. The predicted molar refractivity (Wildman–Crippen MR) is 94.5 cm³/mol. The Labute approximate surface area is 152 Å². The normalized spacial score (nSPS) is 13.5. The number of thioether (sulfide) groups is 1. The van der Waals surface area contributed by atoms with E-state index in [0.717, 1.165) is 0 Å². The highest BCUT2D eigenvalue weighted by atomic mass is 32.2. The first-order chi connectivity index (χ1) is 12.4. The van der Waals surface area contributed by atoms with Crippen LogP contribution in [0.3, 0.4) is 0 Å². The molecule has 0 aliphatic carbocycles. The van der Waals surface area contributed by atoms with E-state index >= 15 is 0 Å². The van der Waals surface area contributed by atoms with Gasteiger partial charge in [-0.1, -0.05) is 0 Å². The molecule has 3 aliphatic rings. The van der Waals surface area contributed by atoms with Crippen LogP contribution in [0, 0.1) is 0 Å². The Morgan fingerprint density at radius 2 is 2.15 bits per heavy atom. The van der Waals surface area contributed by atoms with Crippen LogP contribution in [0.1, 0.15) is 28.7 Å². The van der Waals surface area contributed by atoms with Crippen molar-refractivity contribution in [3.05, 3.63) is 27.3 Å². The van der Waals surface area contributed by atoms with Gasteiger partial charge in [0.1, 0.15) is 17.3 Å². The summed E-state index contributed by atoms with van der Waals surface area (Å²) in [6.45, 7) is 1.86. The highest BCUT2D eigenvalue weighted by Crippen LogP contribution is 2.33. The molecular weight excluding hydrogens is 362 g/mol. The lowest BCUT2D eigenvalue weighted by molar-refractivity contribution is -0.144. The molecule has 11 heteroatoms. The Balaban J connectivity index is 2.19. The van der Waals surface area contributed by atoms with Gasteiger partial charge in [-0.05, 0) is 13.2 Å². The molecule has 26 heavy (non-hydrogen) atoms. The minimum absolute atomic E-state index is 0.0448. The van der Waals surface area contributed by atoms with Gasteiger partial charge in [0.15, 0.2) is 5.69 Å². The minimum atomic E-state index is -1.20. The SMILES string of the molecule is CCOC(=O)CN1Cc2c3c(nn(C)c(C(=O)O)c-3[nH]c2=O)C(SC)=N1. The Kier molecular flexibility index (Phi) is 4.72. The number of nitrogens with one attached hydrogen (secondary N) is 1. The molecule has 0 spiro atoms. The number of rotatable bonds is 4. The fourth-order valence-corrected chi connectivity index (χ4v) is 3.42. The highest BCUT2D eigenvalue weighted by Gasteiger charge is 2.33. The van der Waals surface area contributed by atoms with E-state index in [-0.39, 0.29) is 31.1 Å². The van der Waals surface area contributed by atoms with Crippen LogP contribution in [0.5, 0.6) is 0 Å². The summed E-state index contributed by atoms with van der Waals surface area (Å²) in [5.74, 6) is -1.67. The zero-order valence-electron chi connectivity index (χ0n) is 14.4. The quantitative estimate of drug-likeness (QED) is 0.726. The number of carbonyl (C=O) groups excluding carboxylic acids is 1. The third-order valence-corrected chi connectivity index (χ3v) is 4.56. The number of aromatic carboxylic acids is 1. The summed E-state index contributed by atoms with van der Waals surface area (Å²) in [6.07, 6.45) is 1.79. The second kappa shape index (κ2) is 6.83. The van der Waals surface area contributed by atoms with Crippen LogP contribution < -0.4 is 5.56 Å². The molecular formula is C15H17N5O5S. The van der Waals surface area contributed by atoms with Crippen LogP contribution in [-0.4, -0.2) is 61.3 Å². The van der Waals surface area contributed by atoms with Crippen LogP contribution in [-0.2, 0) is 23.1 Å². The predicted octanol–water partition coefficient (Wildman–Crippen LogP) is 0.315. The number of aryl methyl sites for hydroxylation is 1. The Morgan fingerprint density at radius 1 is 1.42 bits per heavy atom. The fourth-order valence-electron chi connectivity index (χ4n) is 2.89. The first kappa shape index (κ1) is 18.0. The summed E-state index contributed by atoms with van der Waals surface area (Å²) >= 11 is 1.29. The van der Waals surface area contributed by atoms with E-state index in [2.05, 4.69) is 15.2 Å². The van der Waals surface area contributed by atoms with Crippen molar-refractivity contribution in [3.8, 4) is 11.3 Å². The van der Waals surface area contributed by atoms with Gasteiger partial charge >= 0.3 is 11.9 Å². The van der Waals surface area contributed by atoms with E-state index in [9.17, 15) is 19.5 Å². The maximum absolute atomic E-state index is 12.5. The van der Waals surface area contributed by atoms with Crippen molar-refractivity contribution >= 4 is 28.7 Å². The van der Waals surface area contributed by atoms with Crippen LogP contribution in [0.25, 0.3) is 11.3 Å². The van der Waals surface area contributed by atoms with E-state index in [4.69, 9.17) is 4.74 Å². The van der Waals surface area contributed by atoms with Gasteiger partial charge in [0.25, 0.3) is 5.56 Å². The van der Waals surface area contributed by atoms with Crippen molar-refractivity contribution < 1.29 is 19.4 Å². The minimum Gasteiger partial charge on any atom is -0.476 e. The molecule has 0 aromatic rings. The molecule has 0 saturated heterocycles. The molecule has 0 aromatic carbocycles. The molecule has 3 rings (SSSR count). The number of hydrogen-bond acceptors (Lipinski definition) is 8. The third-order valence-electron chi connectivity index (χ3n) is 3.90. The topological polar surface area (TPSA) is 130 Å². The number of nitrogens with zero attached hydrogens (tertiary/aromatic N) is 4. The average molecular weight is 379 g/mol. The maximum atomic E-state index is 12.5. The molecule has 3 heterocycles. The molecule has 10 nitrogen and oxygen atoms in total. The fraction of sp³-hybridized carbons (Fsp3) is 0.400. The van der Waals surface area contributed by atoms with Gasteiger partial charge in [0, 0.05) is 18.2 Å². The number of carboxylic acids is 1. The molecule has 0 saturated carbocycles. The lowest BCUT2D eigenvalue weighted by atomic mass is 10.0. The van der Waals surface area contributed by atoms with Gasteiger partial charge in [-0.15, -0.1) is 11.8 Å². The second-order valence-electron chi connectivity index (χ2n) is 5.55. The van der Waals surface area contributed by atoms with E-state index in [1.807, 2.05) is 0 Å². The smallest absolute Gasteiger partial charge is 0.356 e. The first-order valence-electron chi connectivity index (χ1n) is 7.76. The van der Waals surface area contributed by atoms with Crippen LogP contribution >= 0.6 is 11.8 Å². The van der Waals surface area contributed by atoms with Crippen molar-refractivity contribution in [2.24, 2.45) is 12.1 Å². The summed E-state index contributed by atoms with van der Waals surface area (Å²) in [5, 5.41) is 20.1. The standard InChI is InChI=1S/C15H17N5O5S/c1-4-25-8(21)6-20-5-7-9-10(16-13(7)22)12(15(23)24)19(2)17-11(9)14(18-20)26-3/h4-6H2,1-3H3,(H,16,22)(H,23,24). The van der Waals surface area contributed by atoms with Crippen LogP contribution in [0.4, 0.5) is 0 Å². The van der Waals surface area contributed by atoms with Crippen LogP contribution in [0.2, 0.25) is 0 Å². The summed E-state index contributed by atoms with van der Waals surface area (Å²) in [7, 11) is 1.49. The summed E-state index contributed by atoms with van der Waals surface area (Å²) in [4.78, 5) is 38.5. The van der Waals surface area contributed by atoms with Crippen LogP contribution in [0.15, 0.2) is 9.90 Å². The molecule has 0 bridgehead atoms. The van der Waals surface area contributed by atoms with E-state index in [1.165, 1.54) is 28.5 Å². The molecule has 2 N–H and O–H groups in total. The van der Waals surface area contributed by atoms with Crippen molar-refractivity contribution in [1.29, 1.82) is 0 Å². The number of carbonyl (C=O) groups is 2. The number of aromatic amines is 1. The summed E-state index contributed by atoms with van der Waals surface area (Å²) in [5.41, 5.74) is 0.798. The van der Waals surface area contributed by atoms with Gasteiger partial charge in [0.05, 0.1) is 18.8 Å². The number of hydrogen-bond donors (Lipinski definition) is 2. The number of H-pyrrole nitrogens is 1. The number of carboxylic acid groups (broad SMARTS) is 1. The van der Waals surface area contributed by atoms with Gasteiger partial charge in [-0.3, -0.25) is 19.3 Å². The van der Waals surface area contributed by atoms with Crippen molar-refractivity contribution in [1.82, 2.24) is 19.8 Å². The molecule has 0 atom stereocenters. The van der Waals surface area contributed by atoms with E-state index in [0.29, 0.717) is 21.9 Å². The lowest BCUT2D eigenvalue weighted by Gasteiger charge is -2.16. The zero-order chi connectivity index (χ0) is 19.0. The molecule has 0 unspecified atom stereocenters. The molecule has 0 amide bonds. The Bertz CT molecular complexity index is 947. The Morgan fingerprint density at radius 3 is 2.77 bits per heavy atom. The highest BCUT2D eigenvalue weighted by molar-refractivity contribution is 8.13. The van der Waals surface area contributed by atoms with Gasteiger partial charge in [0.2, 0.25) is 0 Å². The zero-order valence-corrected chi connectivity index (χ0v) is 15.2. The van der Waals surface area contributed by atoms with Crippen molar-refractivity contribution in [2.45, 2.75) is 13.5 Å². The van der Waals surface area contributed by atoms with Crippen molar-refractivity contribution in [2.75, 3.05) is 19.4 Å². The monoisotopic (exact) mass is 379 g/mol. The second-order valence-corrected chi connectivity index (χ2v) is 6.34. The number of hydrazone groups is 1. The maximum Gasteiger partial charge on any atom is 0.356 e. The van der Waals surface area contributed by atoms with Gasteiger partial charge < -0.3 is 14.8 Å². The molecule has 0 aromatic heterocycles. The van der Waals surface area contributed by atoms with E-state index in [1.54, 1.807) is 13.2 Å². The number of esters is 1. The Hall–Kier alpha value is -2.82. The summed E-state index contributed by atoms with van der Waals surface area (Å²) in [6, 6.07) is 0. The van der Waals surface area contributed by atoms with Gasteiger partial charge in [-0.25, -0.2) is 4.79 Å². The third kappa shape index (κ3) is 2.94. The first-order valence-corrected chi connectivity index (χ1v) is 8.98.